The second-order valence-corrected chi connectivity index (χ2v) is 5.48. The van der Waals surface area contributed by atoms with Crippen molar-refractivity contribution in [2.75, 3.05) is 0 Å². The molecule has 1 saturated carbocycles. The summed E-state index contributed by atoms with van der Waals surface area (Å²) in [5.74, 6) is 0. The van der Waals surface area contributed by atoms with E-state index in [-0.39, 0.29) is 11.8 Å². The van der Waals surface area contributed by atoms with Gasteiger partial charge in [-0.1, -0.05) is 43.5 Å². The van der Waals surface area contributed by atoms with Gasteiger partial charge in [-0.25, -0.2) is 0 Å². The summed E-state index contributed by atoms with van der Waals surface area (Å²) in [5.41, 5.74) is 2.08. The van der Waals surface area contributed by atoms with Gasteiger partial charge < -0.3 is 5.11 Å². The Morgan fingerprint density at radius 1 is 1.12 bits per heavy atom. The summed E-state index contributed by atoms with van der Waals surface area (Å²) >= 11 is 0. The molecule has 1 unspecified atom stereocenters. The predicted octanol–water partition coefficient (Wildman–Crippen LogP) is 2.68. The van der Waals surface area contributed by atoms with Crippen LogP contribution < -0.4 is 0 Å². The third-order valence-corrected chi connectivity index (χ3v) is 4.60. The predicted molar refractivity (Wildman–Crippen MR) is 62.9 cm³/mol. The van der Waals surface area contributed by atoms with Crippen LogP contribution in [0.2, 0.25) is 0 Å². The highest BCUT2D eigenvalue weighted by Gasteiger charge is 2.61. The molecule has 1 aromatic rings. The summed E-state index contributed by atoms with van der Waals surface area (Å²) in [6, 6.07) is 8.15. The number of aliphatic hydroxyl groups is 1. The first-order valence-corrected chi connectivity index (χ1v) is 6.56. The molecule has 3 aliphatic rings. The van der Waals surface area contributed by atoms with Crippen LogP contribution in [0.3, 0.4) is 0 Å². The molecule has 3 heteroatoms. The molecule has 2 heterocycles. The van der Waals surface area contributed by atoms with Crippen LogP contribution in [0.4, 0.5) is 0 Å². The Kier molecular flexibility index (Phi) is 1.96. The highest BCUT2D eigenvalue weighted by atomic mass is 16.8. The summed E-state index contributed by atoms with van der Waals surface area (Å²) in [6.45, 7) is 0. The van der Waals surface area contributed by atoms with E-state index >= 15 is 0 Å². The zero-order valence-electron chi connectivity index (χ0n) is 9.80. The largest absolute Gasteiger partial charge is 0.386 e. The van der Waals surface area contributed by atoms with E-state index in [4.69, 9.17) is 4.84 Å². The van der Waals surface area contributed by atoms with Crippen LogP contribution >= 0.6 is 0 Å². The van der Waals surface area contributed by atoms with Crippen molar-refractivity contribution in [2.24, 2.45) is 0 Å². The Balaban J connectivity index is 1.82. The van der Waals surface area contributed by atoms with Gasteiger partial charge in [-0.05, 0) is 18.4 Å². The van der Waals surface area contributed by atoms with Crippen LogP contribution in [-0.4, -0.2) is 15.7 Å². The maximum absolute atomic E-state index is 10.7. The van der Waals surface area contributed by atoms with Crippen molar-refractivity contribution in [1.29, 1.82) is 0 Å². The fraction of sp³-hybridized carbons (Fsp3) is 0.571. The minimum absolute atomic E-state index is 0.104. The minimum atomic E-state index is -0.391. The molecule has 1 N–H and O–H groups in total. The summed E-state index contributed by atoms with van der Waals surface area (Å²) in [6.07, 6.45) is 5.51. The number of hydroxylamine groups is 2. The molecule has 1 saturated heterocycles. The zero-order valence-corrected chi connectivity index (χ0v) is 9.80. The topological polar surface area (TPSA) is 35.8 Å². The zero-order chi connectivity index (χ0) is 11.5. The maximum Gasteiger partial charge on any atom is 0.181 e. The molecule has 4 rings (SSSR count). The first-order chi connectivity index (χ1) is 8.33. The molecule has 0 radical (unpaired) electrons. The maximum atomic E-state index is 10.7. The standard InChI is InChI=1S/C14H17NO2/c16-12-10-6-2-3-7-11(10)13-15(17-13)14(12)8-4-1-5-9-14/h2-3,6-7,12-13,16H,1,4-5,8-9H2/t12-,13-,15?/m0/s1. The van der Waals surface area contributed by atoms with Crippen LogP contribution in [0.25, 0.3) is 0 Å². The van der Waals surface area contributed by atoms with Gasteiger partial charge in [-0.3, -0.25) is 4.84 Å². The van der Waals surface area contributed by atoms with E-state index in [2.05, 4.69) is 17.2 Å². The quantitative estimate of drug-likeness (QED) is 0.697. The lowest BCUT2D eigenvalue weighted by atomic mass is 9.72. The smallest absolute Gasteiger partial charge is 0.181 e. The Morgan fingerprint density at radius 2 is 1.82 bits per heavy atom. The van der Waals surface area contributed by atoms with Crippen molar-refractivity contribution in [2.45, 2.75) is 50.0 Å². The van der Waals surface area contributed by atoms with Gasteiger partial charge in [0.25, 0.3) is 0 Å². The van der Waals surface area contributed by atoms with Crippen LogP contribution in [0.1, 0.15) is 55.6 Å². The van der Waals surface area contributed by atoms with Crippen molar-refractivity contribution in [3.63, 3.8) is 0 Å². The van der Waals surface area contributed by atoms with E-state index in [1.54, 1.807) is 0 Å². The minimum Gasteiger partial charge on any atom is -0.386 e. The number of benzene rings is 1. The second-order valence-electron chi connectivity index (χ2n) is 5.48. The molecule has 90 valence electrons. The van der Waals surface area contributed by atoms with Gasteiger partial charge in [0.15, 0.2) is 6.23 Å². The number of hydrogen-bond acceptors (Lipinski definition) is 3. The van der Waals surface area contributed by atoms with E-state index in [9.17, 15) is 5.11 Å². The molecule has 0 amide bonds. The molecule has 0 bridgehead atoms. The van der Waals surface area contributed by atoms with E-state index in [0.29, 0.717) is 0 Å². The molecule has 1 aromatic carbocycles. The first kappa shape index (κ1) is 10.1. The SMILES string of the molecule is O[C@H]1c2ccccc2[C@@H]2ON2C12CCCCC2. The van der Waals surface area contributed by atoms with Crippen LogP contribution in [0, 0.1) is 0 Å². The van der Waals surface area contributed by atoms with Crippen molar-refractivity contribution < 1.29 is 9.94 Å². The lowest BCUT2D eigenvalue weighted by Crippen LogP contribution is -2.48. The van der Waals surface area contributed by atoms with Crippen LogP contribution in [-0.2, 0) is 4.84 Å². The number of aliphatic hydroxyl groups excluding tert-OH is 1. The molecule has 2 fully saturated rings. The van der Waals surface area contributed by atoms with Crippen molar-refractivity contribution in [3.05, 3.63) is 35.4 Å². The first-order valence-electron chi connectivity index (χ1n) is 6.56. The van der Waals surface area contributed by atoms with Gasteiger partial charge in [0.1, 0.15) is 6.10 Å². The molecular formula is C14H17NO2. The number of hydrogen-bond donors (Lipinski definition) is 1. The summed E-state index contributed by atoms with van der Waals surface area (Å²) in [4.78, 5) is 5.74. The highest BCUT2D eigenvalue weighted by Crippen LogP contribution is 2.59. The number of fused-ring (bicyclic) bond motifs is 4. The molecule has 3 nitrogen and oxygen atoms in total. The van der Waals surface area contributed by atoms with Crippen molar-refractivity contribution in [3.8, 4) is 0 Å². The summed E-state index contributed by atoms with van der Waals surface area (Å²) in [5, 5.41) is 12.8. The monoisotopic (exact) mass is 231 g/mol. The molecule has 1 aliphatic carbocycles. The van der Waals surface area contributed by atoms with Gasteiger partial charge >= 0.3 is 0 Å². The summed E-state index contributed by atoms with van der Waals surface area (Å²) in [7, 11) is 0. The number of nitrogens with zero attached hydrogens (tertiary/aromatic N) is 1. The molecule has 1 spiro atoms. The molecule has 0 aromatic heterocycles. The average Bonchev–Trinajstić information content (AvgIpc) is 3.19. The van der Waals surface area contributed by atoms with E-state index < -0.39 is 6.10 Å². The van der Waals surface area contributed by atoms with Gasteiger partial charge in [-0.15, -0.1) is 5.06 Å². The highest BCUT2D eigenvalue weighted by molar-refractivity contribution is 5.38. The van der Waals surface area contributed by atoms with Gasteiger partial charge in [0.05, 0.1) is 5.54 Å². The normalized spacial score (nSPS) is 37.4. The Labute approximate surface area is 101 Å². The fourth-order valence-corrected chi connectivity index (χ4v) is 3.65. The van der Waals surface area contributed by atoms with E-state index in [1.165, 1.54) is 19.3 Å². The Hall–Kier alpha value is -0.900. The third-order valence-electron chi connectivity index (χ3n) is 4.60. The molecule has 17 heavy (non-hydrogen) atoms. The van der Waals surface area contributed by atoms with Crippen LogP contribution in [0.5, 0.6) is 0 Å². The van der Waals surface area contributed by atoms with Gasteiger partial charge in [0, 0.05) is 5.56 Å². The van der Waals surface area contributed by atoms with E-state index in [1.807, 2.05) is 12.1 Å². The molecule has 2 aliphatic heterocycles. The average molecular weight is 231 g/mol. The van der Waals surface area contributed by atoms with Crippen molar-refractivity contribution >= 4 is 0 Å². The van der Waals surface area contributed by atoms with Crippen LogP contribution in [0.15, 0.2) is 24.3 Å². The number of rotatable bonds is 0. The third kappa shape index (κ3) is 1.22. The second kappa shape index (κ2) is 3.31. The molecular weight excluding hydrogens is 214 g/mol. The van der Waals surface area contributed by atoms with Crippen molar-refractivity contribution in [1.82, 2.24) is 5.06 Å². The van der Waals surface area contributed by atoms with E-state index in [0.717, 1.165) is 24.0 Å². The Bertz CT molecular complexity index is 453. The van der Waals surface area contributed by atoms with Gasteiger partial charge in [0.2, 0.25) is 0 Å². The lowest BCUT2D eigenvalue weighted by molar-refractivity contribution is -0.0681. The van der Waals surface area contributed by atoms with Gasteiger partial charge in [-0.2, -0.15) is 0 Å². The lowest BCUT2D eigenvalue weighted by Gasteiger charge is -2.43. The summed E-state index contributed by atoms with van der Waals surface area (Å²) < 4.78 is 0. The fourth-order valence-electron chi connectivity index (χ4n) is 3.65. The molecule has 3 atom stereocenters. The Morgan fingerprint density at radius 3 is 2.59 bits per heavy atom.